The number of primary sulfonamides is 1. The number of halogens is 1. The number of carbonyl (C=O) groups is 1. The van der Waals surface area contributed by atoms with Crippen LogP contribution in [0.3, 0.4) is 0 Å². The molecule has 14 heteroatoms. The molecule has 1 amide bonds. The molecule has 0 radical (unpaired) electrons. The van der Waals surface area contributed by atoms with Crippen LogP contribution in [0.4, 0.5) is 10.5 Å². The number of amides is 1. The zero-order valence-electron chi connectivity index (χ0n) is 16.4. The number of hydrogen-bond donors (Lipinski definition) is 3. The van der Waals surface area contributed by atoms with E-state index in [0.29, 0.717) is 24.7 Å². The van der Waals surface area contributed by atoms with Crippen molar-refractivity contribution in [2.45, 2.75) is 15.5 Å². The second-order valence-corrected chi connectivity index (χ2v) is 11.1. The van der Waals surface area contributed by atoms with Gasteiger partial charge in [0.2, 0.25) is 10.0 Å². The van der Waals surface area contributed by atoms with Gasteiger partial charge in [-0.25, -0.2) is 31.8 Å². The fraction of sp³-hybridized carbons (Fsp3) is 0.222. The Kier molecular flexibility index (Phi) is 7.67. The average molecular weight is 519 g/mol. The minimum atomic E-state index is -4.15. The molecule has 4 N–H and O–H groups in total. The number of benzene rings is 2. The van der Waals surface area contributed by atoms with E-state index in [2.05, 4.69) is 19.8 Å². The summed E-state index contributed by atoms with van der Waals surface area (Å²) in [5, 5.41) is 7.34. The van der Waals surface area contributed by atoms with Gasteiger partial charge in [0.05, 0.1) is 23.0 Å². The predicted octanol–water partition coefficient (Wildman–Crippen LogP) is 1.97. The van der Waals surface area contributed by atoms with Gasteiger partial charge in [0.25, 0.3) is 10.0 Å². The molecule has 4 rings (SSSR count). The highest BCUT2D eigenvalue weighted by Gasteiger charge is 2.29. The lowest BCUT2D eigenvalue weighted by Gasteiger charge is -2.19. The summed E-state index contributed by atoms with van der Waals surface area (Å²) < 4.78 is 54.7. The van der Waals surface area contributed by atoms with Crippen LogP contribution in [0.15, 0.2) is 57.2 Å². The van der Waals surface area contributed by atoms with E-state index in [1.54, 1.807) is 0 Å². The minimum absolute atomic E-state index is 0.0801. The Balaban J connectivity index is 0.000000416. The number of rotatable bonds is 5. The lowest BCUT2D eigenvalue weighted by molar-refractivity contribution is 0.178. The van der Waals surface area contributed by atoms with Crippen molar-refractivity contribution in [3.05, 3.63) is 53.1 Å². The first kappa shape index (κ1) is 24.3. The number of thioether (sulfide) groups is 1. The van der Waals surface area contributed by atoms with Crippen LogP contribution in [0.25, 0.3) is 0 Å². The summed E-state index contributed by atoms with van der Waals surface area (Å²) in [6.45, 7) is 1.19. The third-order valence-electron chi connectivity index (χ3n) is 4.07. The van der Waals surface area contributed by atoms with Crippen molar-refractivity contribution in [1.29, 1.82) is 0 Å². The molecule has 0 spiro atoms. The Morgan fingerprint density at radius 3 is 2.47 bits per heavy atom. The van der Waals surface area contributed by atoms with Crippen LogP contribution in [0.1, 0.15) is 5.56 Å². The fourth-order valence-electron chi connectivity index (χ4n) is 2.67. The molecule has 0 saturated carbocycles. The molecule has 2 heterocycles. The highest BCUT2D eigenvalue weighted by atomic mass is 35.5. The van der Waals surface area contributed by atoms with Crippen molar-refractivity contribution in [3.63, 3.8) is 0 Å². The second-order valence-electron chi connectivity index (χ2n) is 6.50. The summed E-state index contributed by atoms with van der Waals surface area (Å²) in [7, 11) is -8.11. The monoisotopic (exact) mass is 518 g/mol. The highest BCUT2D eigenvalue weighted by Crippen LogP contribution is 2.35. The van der Waals surface area contributed by atoms with Crippen molar-refractivity contribution >= 4 is 61.0 Å². The van der Waals surface area contributed by atoms with E-state index in [1.807, 2.05) is 30.3 Å². The van der Waals surface area contributed by atoms with Crippen molar-refractivity contribution in [2.75, 3.05) is 18.9 Å². The van der Waals surface area contributed by atoms with Crippen LogP contribution in [-0.2, 0) is 30.5 Å². The third-order valence-corrected chi connectivity index (χ3v) is 7.87. The number of ether oxygens (including phenoxy) is 1. The number of nitrogens with zero attached hydrogens (tertiary/aromatic N) is 1. The van der Waals surface area contributed by atoms with Crippen LogP contribution < -0.4 is 15.2 Å². The van der Waals surface area contributed by atoms with Gasteiger partial charge in [0.1, 0.15) is 22.2 Å². The molecule has 0 unspecified atom stereocenters. The van der Waals surface area contributed by atoms with Gasteiger partial charge in [0.15, 0.2) is 0 Å². The fourth-order valence-corrected chi connectivity index (χ4v) is 5.98. The van der Waals surface area contributed by atoms with E-state index < -0.39 is 24.9 Å². The molecule has 172 valence electrons. The molecule has 0 aromatic heterocycles. The lowest BCUT2D eigenvalue weighted by atomic mass is 10.2. The molecule has 2 aliphatic rings. The molecule has 1 saturated heterocycles. The van der Waals surface area contributed by atoms with E-state index in [9.17, 15) is 21.6 Å². The van der Waals surface area contributed by atoms with Gasteiger partial charge in [-0.3, -0.25) is 4.72 Å². The summed E-state index contributed by atoms with van der Waals surface area (Å²) in [5.41, 5.74) is 1.19. The Morgan fingerprint density at radius 2 is 1.91 bits per heavy atom. The van der Waals surface area contributed by atoms with E-state index >= 15 is 0 Å². The smallest absolute Gasteiger partial charge is 0.407 e. The maximum absolute atomic E-state index is 12.4. The Hall–Kier alpha value is -2.32. The number of nitrogens with two attached hydrogens (primary N) is 1. The molecule has 2 aromatic carbocycles. The Labute approximate surface area is 194 Å². The molecular weight excluding hydrogens is 500 g/mol. The molecule has 32 heavy (non-hydrogen) atoms. The summed E-state index contributed by atoms with van der Waals surface area (Å²) in [6, 6.07) is 11.8. The quantitative estimate of drug-likeness (QED) is 0.546. The zero-order chi connectivity index (χ0) is 23.4. The molecule has 10 nitrogen and oxygen atoms in total. The molecule has 1 fully saturated rings. The van der Waals surface area contributed by atoms with Crippen LogP contribution in [0, 0.1) is 0 Å². The number of aliphatic imine (C=N–C) groups is 1. The molecule has 0 aliphatic carbocycles. The lowest BCUT2D eigenvalue weighted by Crippen LogP contribution is -2.35. The molecule has 0 atom stereocenters. The van der Waals surface area contributed by atoms with E-state index in [-0.39, 0.29) is 27.5 Å². The summed E-state index contributed by atoms with van der Waals surface area (Å²) in [6.07, 6.45) is -0.296. The van der Waals surface area contributed by atoms with E-state index in [1.165, 1.54) is 17.8 Å². The van der Waals surface area contributed by atoms with Crippen LogP contribution in [0.2, 0.25) is 5.02 Å². The number of hydrogen-bond acceptors (Lipinski definition) is 8. The van der Waals surface area contributed by atoms with Gasteiger partial charge in [-0.1, -0.05) is 41.9 Å². The summed E-state index contributed by atoms with van der Waals surface area (Å²) in [4.78, 5) is 13.4. The maximum Gasteiger partial charge on any atom is 0.407 e. The Bertz CT molecular complexity index is 1240. The van der Waals surface area contributed by atoms with Crippen LogP contribution >= 0.6 is 23.4 Å². The SMILES string of the molecule is NS(=O)(=O)c1cc2c(cc1Cl)N=C(CSCc1ccccc1)NS2(=O)=O.O=C1NCCO1. The molecular formula is C18H19ClN4O6S3. The molecule has 0 bridgehead atoms. The number of carbonyl (C=O) groups excluding carboxylic acids is 1. The number of amidine groups is 1. The van der Waals surface area contributed by atoms with Gasteiger partial charge in [-0.05, 0) is 17.7 Å². The average Bonchev–Trinajstić information content (AvgIpc) is 3.18. The zero-order valence-corrected chi connectivity index (χ0v) is 19.7. The van der Waals surface area contributed by atoms with Gasteiger partial charge in [-0.2, -0.15) is 0 Å². The van der Waals surface area contributed by atoms with Crippen molar-refractivity contribution in [1.82, 2.24) is 10.0 Å². The number of cyclic esters (lactones) is 1. The minimum Gasteiger partial charge on any atom is -0.448 e. The third kappa shape index (κ3) is 6.36. The normalized spacial score (nSPS) is 16.4. The van der Waals surface area contributed by atoms with Gasteiger partial charge in [-0.15, -0.1) is 11.8 Å². The largest absolute Gasteiger partial charge is 0.448 e. The van der Waals surface area contributed by atoms with Crippen LogP contribution in [-0.4, -0.2) is 47.7 Å². The number of sulfonamides is 2. The second kappa shape index (κ2) is 10.1. The molecule has 2 aromatic rings. The maximum atomic E-state index is 12.4. The first-order chi connectivity index (χ1) is 15.1. The standard InChI is InChI=1S/C15H14ClN3O4S3.C3H5NO2/c16-11-6-12-14(7-13(11)25(17,20)21)26(22,23)19-15(18-12)9-24-8-10-4-2-1-3-5-10;5-3-4-1-2-6-3/h1-7H,8-9H2,(H,18,19)(H2,17,20,21);1-2H2,(H,4,5). The predicted molar refractivity (Wildman–Crippen MR) is 122 cm³/mol. The topological polar surface area (TPSA) is 157 Å². The first-order valence-electron chi connectivity index (χ1n) is 9.05. The van der Waals surface area contributed by atoms with Crippen molar-refractivity contribution < 1.29 is 26.4 Å². The number of fused-ring (bicyclic) bond motifs is 1. The summed E-state index contributed by atoms with van der Waals surface area (Å²) in [5.74, 6) is 1.28. The van der Waals surface area contributed by atoms with Gasteiger partial charge >= 0.3 is 6.09 Å². The van der Waals surface area contributed by atoms with E-state index in [4.69, 9.17) is 16.7 Å². The molecule has 2 aliphatic heterocycles. The first-order valence-corrected chi connectivity index (χ1v) is 13.6. The van der Waals surface area contributed by atoms with Gasteiger partial charge < -0.3 is 10.1 Å². The summed E-state index contributed by atoms with van der Waals surface area (Å²) >= 11 is 7.42. The Morgan fingerprint density at radius 1 is 1.19 bits per heavy atom. The van der Waals surface area contributed by atoms with Gasteiger partial charge in [0, 0.05) is 5.75 Å². The highest BCUT2D eigenvalue weighted by molar-refractivity contribution is 7.99. The number of alkyl carbamates (subject to hydrolysis) is 1. The van der Waals surface area contributed by atoms with Crippen molar-refractivity contribution in [2.24, 2.45) is 10.1 Å². The van der Waals surface area contributed by atoms with Crippen molar-refractivity contribution in [3.8, 4) is 0 Å². The van der Waals surface area contributed by atoms with E-state index in [0.717, 1.165) is 11.6 Å². The number of nitrogens with one attached hydrogen (secondary N) is 2. The van der Waals surface area contributed by atoms with Crippen LogP contribution in [0.5, 0.6) is 0 Å².